The Kier molecular flexibility index (Phi) is 8.47. The van der Waals surface area contributed by atoms with Gasteiger partial charge in [-0.3, -0.25) is 4.79 Å². The predicted molar refractivity (Wildman–Crippen MR) is 81.6 cm³/mol. The summed E-state index contributed by atoms with van der Waals surface area (Å²) in [5.41, 5.74) is 6.54. The summed E-state index contributed by atoms with van der Waals surface area (Å²) in [6.07, 6.45) is 6.87. The van der Waals surface area contributed by atoms with E-state index in [4.69, 9.17) is 10.8 Å². The fourth-order valence-corrected chi connectivity index (χ4v) is 2.06. The second kappa shape index (κ2) is 10.3. The largest absolute Gasteiger partial charge is 0.508 e. The van der Waals surface area contributed by atoms with Crippen LogP contribution >= 0.6 is 0 Å². The Bertz CT molecular complexity index is 377. The summed E-state index contributed by atoms with van der Waals surface area (Å²) in [6.45, 7) is 1.41. The van der Waals surface area contributed by atoms with E-state index < -0.39 is 0 Å². The molecule has 0 aliphatic heterocycles. The van der Waals surface area contributed by atoms with Crippen molar-refractivity contribution >= 4 is 5.91 Å². The fourth-order valence-electron chi connectivity index (χ4n) is 2.06. The number of rotatable bonds is 10. The standard InChI is InChI=1S/C16H26N2O2/c17-12-5-3-1-2-4-6-16(20)18-13-11-14-7-9-15(19)10-8-14/h7-10,19H,1-6,11-13,17H2,(H,18,20). The number of hydrogen-bond acceptors (Lipinski definition) is 3. The molecule has 0 radical (unpaired) electrons. The maximum atomic E-state index is 11.6. The molecule has 0 atom stereocenters. The molecule has 0 spiro atoms. The lowest BCUT2D eigenvalue weighted by Crippen LogP contribution is -2.25. The number of nitrogens with two attached hydrogens (primary N) is 1. The maximum Gasteiger partial charge on any atom is 0.220 e. The van der Waals surface area contributed by atoms with Gasteiger partial charge in [0.2, 0.25) is 5.91 Å². The van der Waals surface area contributed by atoms with E-state index in [0.29, 0.717) is 13.0 Å². The Hall–Kier alpha value is -1.55. The van der Waals surface area contributed by atoms with Gasteiger partial charge >= 0.3 is 0 Å². The molecule has 1 aromatic carbocycles. The smallest absolute Gasteiger partial charge is 0.220 e. The van der Waals surface area contributed by atoms with Gasteiger partial charge in [0.05, 0.1) is 0 Å². The van der Waals surface area contributed by atoms with Crippen LogP contribution in [-0.2, 0) is 11.2 Å². The molecular formula is C16H26N2O2. The lowest BCUT2D eigenvalue weighted by Gasteiger charge is -2.05. The minimum absolute atomic E-state index is 0.127. The number of amides is 1. The van der Waals surface area contributed by atoms with Crippen molar-refractivity contribution < 1.29 is 9.90 Å². The second-order valence-corrected chi connectivity index (χ2v) is 5.07. The second-order valence-electron chi connectivity index (χ2n) is 5.07. The lowest BCUT2D eigenvalue weighted by atomic mass is 10.1. The van der Waals surface area contributed by atoms with Crippen LogP contribution in [0, 0.1) is 0 Å². The van der Waals surface area contributed by atoms with Gasteiger partial charge in [0.1, 0.15) is 5.75 Å². The van der Waals surface area contributed by atoms with Crippen LogP contribution in [0.4, 0.5) is 0 Å². The number of nitrogens with one attached hydrogen (secondary N) is 1. The summed E-state index contributed by atoms with van der Waals surface area (Å²) >= 11 is 0. The third-order valence-electron chi connectivity index (χ3n) is 3.28. The average molecular weight is 278 g/mol. The molecule has 0 aromatic heterocycles. The number of phenols is 1. The van der Waals surface area contributed by atoms with Crippen LogP contribution < -0.4 is 11.1 Å². The van der Waals surface area contributed by atoms with Crippen LogP contribution in [-0.4, -0.2) is 24.1 Å². The van der Waals surface area contributed by atoms with E-state index in [-0.39, 0.29) is 11.7 Å². The molecule has 0 saturated heterocycles. The zero-order valence-corrected chi connectivity index (χ0v) is 12.1. The number of hydrogen-bond donors (Lipinski definition) is 3. The number of benzene rings is 1. The van der Waals surface area contributed by atoms with Crippen molar-refractivity contribution in [3.8, 4) is 5.75 Å². The van der Waals surface area contributed by atoms with Crippen molar-refractivity contribution in [2.24, 2.45) is 5.73 Å². The quantitative estimate of drug-likeness (QED) is 0.575. The number of phenolic OH excluding ortho intramolecular Hbond substituents is 1. The molecule has 1 rings (SSSR count). The van der Waals surface area contributed by atoms with Gasteiger partial charge in [-0.25, -0.2) is 0 Å². The van der Waals surface area contributed by atoms with Crippen molar-refractivity contribution in [3.63, 3.8) is 0 Å². The SMILES string of the molecule is NCCCCCCCC(=O)NCCc1ccc(O)cc1. The molecule has 1 amide bonds. The van der Waals surface area contributed by atoms with E-state index in [9.17, 15) is 4.79 Å². The van der Waals surface area contributed by atoms with Crippen molar-refractivity contribution in [3.05, 3.63) is 29.8 Å². The van der Waals surface area contributed by atoms with E-state index in [1.807, 2.05) is 12.1 Å². The highest BCUT2D eigenvalue weighted by Gasteiger charge is 2.01. The van der Waals surface area contributed by atoms with Gasteiger partial charge in [-0.2, -0.15) is 0 Å². The van der Waals surface area contributed by atoms with Gasteiger partial charge in [-0.15, -0.1) is 0 Å². The minimum atomic E-state index is 0.127. The highest BCUT2D eigenvalue weighted by Crippen LogP contribution is 2.09. The maximum absolute atomic E-state index is 11.6. The Morgan fingerprint density at radius 2 is 1.70 bits per heavy atom. The molecule has 0 saturated carbocycles. The third-order valence-corrected chi connectivity index (χ3v) is 3.28. The lowest BCUT2D eigenvalue weighted by molar-refractivity contribution is -0.121. The molecule has 0 fully saturated rings. The molecule has 0 bridgehead atoms. The molecule has 0 aliphatic rings. The van der Waals surface area contributed by atoms with Crippen LogP contribution in [0.1, 0.15) is 44.1 Å². The minimum Gasteiger partial charge on any atom is -0.508 e. The molecule has 0 unspecified atom stereocenters. The van der Waals surface area contributed by atoms with E-state index >= 15 is 0 Å². The van der Waals surface area contributed by atoms with E-state index in [2.05, 4.69) is 5.32 Å². The number of carbonyl (C=O) groups is 1. The first-order chi connectivity index (χ1) is 9.72. The number of unbranched alkanes of at least 4 members (excludes halogenated alkanes) is 4. The molecule has 0 aliphatic carbocycles. The van der Waals surface area contributed by atoms with Crippen molar-refractivity contribution in [1.29, 1.82) is 0 Å². The third kappa shape index (κ3) is 7.79. The van der Waals surface area contributed by atoms with Crippen LogP contribution in [0.15, 0.2) is 24.3 Å². The fraction of sp³-hybridized carbons (Fsp3) is 0.562. The zero-order chi connectivity index (χ0) is 14.6. The Labute approximate surface area is 121 Å². The average Bonchev–Trinajstić information content (AvgIpc) is 2.45. The summed E-state index contributed by atoms with van der Waals surface area (Å²) in [5.74, 6) is 0.398. The summed E-state index contributed by atoms with van der Waals surface area (Å²) < 4.78 is 0. The van der Waals surface area contributed by atoms with Crippen molar-refractivity contribution in [2.75, 3.05) is 13.1 Å². The monoisotopic (exact) mass is 278 g/mol. The van der Waals surface area contributed by atoms with E-state index in [1.54, 1.807) is 12.1 Å². The van der Waals surface area contributed by atoms with Crippen LogP contribution in [0.25, 0.3) is 0 Å². The molecule has 0 heterocycles. The van der Waals surface area contributed by atoms with Gasteiger partial charge in [-0.1, -0.05) is 31.4 Å². The van der Waals surface area contributed by atoms with Crippen LogP contribution in [0.2, 0.25) is 0 Å². The first kappa shape index (κ1) is 16.5. The molecule has 4 heteroatoms. The van der Waals surface area contributed by atoms with Gasteiger partial charge in [0.25, 0.3) is 0 Å². The van der Waals surface area contributed by atoms with Crippen LogP contribution in [0.3, 0.4) is 0 Å². The molecule has 1 aromatic rings. The zero-order valence-electron chi connectivity index (χ0n) is 12.1. The number of aromatic hydroxyl groups is 1. The number of carbonyl (C=O) groups excluding carboxylic acids is 1. The van der Waals surface area contributed by atoms with E-state index in [0.717, 1.165) is 44.2 Å². The highest BCUT2D eigenvalue weighted by molar-refractivity contribution is 5.75. The Morgan fingerprint density at radius 1 is 1.05 bits per heavy atom. The van der Waals surface area contributed by atoms with Gasteiger partial charge < -0.3 is 16.2 Å². The first-order valence-electron chi connectivity index (χ1n) is 7.47. The molecule has 20 heavy (non-hydrogen) atoms. The summed E-state index contributed by atoms with van der Waals surface area (Å²) in [5, 5.41) is 12.1. The summed E-state index contributed by atoms with van der Waals surface area (Å²) in [6, 6.07) is 7.08. The van der Waals surface area contributed by atoms with Crippen molar-refractivity contribution in [2.45, 2.75) is 44.9 Å². The van der Waals surface area contributed by atoms with Crippen molar-refractivity contribution in [1.82, 2.24) is 5.32 Å². The highest BCUT2D eigenvalue weighted by atomic mass is 16.3. The summed E-state index contributed by atoms with van der Waals surface area (Å²) in [7, 11) is 0. The van der Waals surface area contributed by atoms with Crippen LogP contribution in [0.5, 0.6) is 5.75 Å². The Morgan fingerprint density at radius 3 is 2.40 bits per heavy atom. The molecule has 4 nitrogen and oxygen atoms in total. The Balaban J connectivity index is 2.01. The van der Waals surface area contributed by atoms with Gasteiger partial charge in [-0.05, 0) is 43.5 Å². The van der Waals surface area contributed by atoms with Gasteiger partial charge in [0, 0.05) is 13.0 Å². The molecule has 112 valence electrons. The van der Waals surface area contributed by atoms with Gasteiger partial charge in [0.15, 0.2) is 0 Å². The first-order valence-corrected chi connectivity index (χ1v) is 7.47. The summed E-state index contributed by atoms with van der Waals surface area (Å²) in [4.78, 5) is 11.6. The molecular weight excluding hydrogens is 252 g/mol. The normalized spacial score (nSPS) is 10.4. The predicted octanol–water partition coefficient (Wildman–Crippen LogP) is 2.35. The molecule has 4 N–H and O–H groups in total. The van der Waals surface area contributed by atoms with E-state index in [1.165, 1.54) is 6.42 Å². The topological polar surface area (TPSA) is 75.4 Å².